The lowest BCUT2D eigenvalue weighted by atomic mass is 10.3. The van der Waals surface area contributed by atoms with Crippen LogP contribution in [0.25, 0.3) is 0 Å². The van der Waals surface area contributed by atoms with Gasteiger partial charge in [-0.2, -0.15) is 0 Å². The molecule has 1 aromatic carbocycles. The molecule has 0 unspecified atom stereocenters. The van der Waals surface area contributed by atoms with Gasteiger partial charge < -0.3 is 4.74 Å². The molecule has 1 aromatic rings. The van der Waals surface area contributed by atoms with Crippen molar-refractivity contribution in [1.82, 2.24) is 0 Å². The molecule has 0 heterocycles. The Labute approximate surface area is 83.0 Å². The Bertz CT molecular complexity index is 292. The normalized spacial score (nSPS) is 11.5. The molecule has 2 nitrogen and oxygen atoms in total. The predicted molar refractivity (Wildman–Crippen MR) is 57.9 cm³/mol. The molecule has 70 valence electrons. The average Bonchev–Trinajstić information content (AvgIpc) is 2.19. The number of hydrogen-bond donors (Lipinski definition) is 0. The van der Waals surface area contributed by atoms with E-state index in [-0.39, 0.29) is 0 Å². The molecule has 0 spiro atoms. The van der Waals surface area contributed by atoms with Gasteiger partial charge in [-0.3, -0.25) is 4.99 Å². The summed E-state index contributed by atoms with van der Waals surface area (Å²) in [7, 11) is 3.47. The minimum absolute atomic E-state index is 0.885. The summed E-state index contributed by atoms with van der Waals surface area (Å²) >= 11 is 1.66. The Morgan fingerprint density at radius 2 is 1.92 bits per heavy atom. The van der Waals surface area contributed by atoms with Crippen LogP contribution < -0.4 is 4.74 Å². The van der Waals surface area contributed by atoms with E-state index >= 15 is 0 Å². The third-order valence-electron chi connectivity index (χ3n) is 1.64. The van der Waals surface area contributed by atoms with Gasteiger partial charge in [-0.15, -0.1) is 0 Å². The fraction of sp³-hybridized carbons (Fsp3) is 0.300. The van der Waals surface area contributed by atoms with Gasteiger partial charge in [0.25, 0.3) is 0 Å². The Morgan fingerprint density at radius 1 is 1.31 bits per heavy atom. The number of rotatable bonds is 2. The molecule has 0 aliphatic heterocycles. The maximum atomic E-state index is 5.06. The quantitative estimate of drug-likeness (QED) is 0.411. The first-order valence-corrected chi connectivity index (χ1v) is 4.83. The molecule has 1 rings (SSSR count). The minimum Gasteiger partial charge on any atom is -0.497 e. The molecular formula is C10H13NOS. The molecule has 3 heteroatoms. The van der Waals surface area contributed by atoms with Crippen LogP contribution >= 0.6 is 11.8 Å². The molecular weight excluding hydrogens is 182 g/mol. The zero-order valence-electron chi connectivity index (χ0n) is 8.07. The van der Waals surface area contributed by atoms with E-state index in [9.17, 15) is 0 Å². The zero-order chi connectivity index (χ0) is 9.68. The fourth-order valence-electron chi connectivity index (χ4n) is 0.860. The molecule has 0 bridgehead atoms. The van der Waals surface area contributed by atoms with Gasteiger partial charge in [0.05, 0.1) is 12.2 Å². The van der Waals surface area contributed by atoms with Crippen molar-refractivity contribution in [3.63, 3.8) is 0 Å². The van der Waals surface area contributed by atoms with E-state index in [2.05, 4.69) is 4.99 Å². The first-order valence-electron chi connectivity index (χ1n) is 4.01. The molecule has 0 saturated carbocycles. The highest BCUT2D eigenvalue weighted by atomic mass is 32.2. The van der Waals surface area contributed by atoms with Crippen molar-refractivity contribution in [3.8, 4) is 5.75 Å². The molecule has 0 atom stereocenters. The van der Waals surface area contributed by atoms with Crippen LogP contribution in [0, 0.1) is 0 Å². The van der Waals surface area contributed by atoms with E-state index in [1.807, 2.05) is 31.2 Å². The highest BCUT2D eigenvalue weighted by molar-refractivity contribution is 8.13. The Kier molecular flexibility index (Phi) is 3.83. The number of ether oxygens (including phenoxy) is 1. The van der Waals surface area contributed by atoms with Crippen molar-refractivity contribution in [2.75, 3.05) is 14.2 Å². The number of thioether (sulfide) groups is 1. The van der Waals surface area contributed by atoms with E-state index in [0.29, 0.717) is 0 Å². The second-order valence-corrected chi connectivity index (χ2v) is 3.79. The summed E-state index contributed by atoms with van der Waals surface area (Å²) in [6.07, 6.45) is 0. The van der Waals surface area contributed by atoms with Crippen molar-refractivity contribution >= 4 is 16.8 Å². The third kappa shape index (κ3) is 3.11. The summed E-state index contributed by atoms with van der Waals surface area (Å²) in [6, 6.07) is 7.95. The number of benzene rings is 1. The molecule has 0 aliphatic rings. The van der Waals surface area contributed by atoms with E-state index in [1.54, 1.807) is 25.9 Å². The van der Waals surface area contributed by atoms with Crippen LogP contribution in [0.4, 0.5) is 0 Å². The molecule has 0 N–H and O–H groups in total. The summed E-state index contributed by atoms with van der Waals surface area (Å²) in [4.78, 5) is 5.26. The summed E-state index contributed by atoms with van der Waals surface area (Å²) in [5.74, 6) is 0.885. The predicted octanol–water partition coefficient (Wildman–Crippen LogP) is 2.84. The fourth-order valence-corrected chi connectivity index (χ4v) is 1.56. The number of methoxy groups -OCH3 is 1. The van der Waals surface area contributed by atoms with Crippen LogP contribution in [0.1, 0.15) is 6.92 Å². The van der Waals surface area contributed by atoms with Crippen LogP contribution in [0.2, 0.25) is 0 Å². The van der Waals surface area contributed by atoms with Crippen molar-refractivity contribution in [1.29, 1.82) is 0 Å². The molecule has 0 fully saturated rings. The molecule has 0 aromatic heterocycles. The Hall–Kier alpha value is -0.960. The van der Waals surface area contributed by atoms with Gasteiger partial charge in [-0.1, -0.05) is 11.8 Å². The standard InChI is InChI=1S/C10H13NOS/c1-8(11-2)13-10-6-4-9(12-3)5-7-10/h4-7H,1-3H3. The maximum Gasteiger partial charge on any atom is 0.118 e. The second-order valence-electron chi connectivity index (χ2n) is 2.52. The maximum absolute atomic E-state index is 5.06. The van der Waals surface area contributed by atoms with Crippen LogP contribution in [0.3, 0.4) is 0 Å². The summed E-state index contributed by atoms with van der Waals surface area (Å²) in [6.45, 7) is 1.99. The summed E-state index contributed by atoms with van der Waals surface area (Å²) in [5.41, 5.74) is 0. The largest absolute Gasteiger partial charge is 0.497 e. The van der Waals surface area contributed by atoms with Crippen molar-refractivity contribution in [2.45, 2.75) is 11.8 Å². The highest BCUT2D eigenvalue weighted by Crippen LogP contribution is 2.22. The van der Waals surface area contributed by atoms with Gasteiger partial charge in [-0.25, -0.2) is 0 Å². The van der Waals surface area contributed by atoms with Gasteiger partial charge in [-0.05, 0) is 31.2 Å². The molecule has 0 aliphatic carbocycles. The molecule has 0 radical (unpaired) electrons. The van der Waals surface area contributed by atoms with Gasteiger partial charge in [0.1, 0.15) is 5.75 Å². The van der Waals surface area contributed by atoms with E-state index in [1.165, 1.54) is 4.90 Å². The van der Waals surface area contributed by atoms with Crippen molar-refractivity contribution < 1.29 is 4.74 Å². The number of nitrogens with zero attached hydrogens (tertiary/aromatic N) is 1. The molecule has 0 amide bonds. The van der Waals surface area contributed by atoms with E-state index in [0.717, 1.165) is 10.8 Å². The van der Waals surface area contributed by atoms with Crippen LogP contribution in [-0.4, -0.2) is 19.2 Å². The monoisotopic (exact) mass is 195 g/mol. The minimum atomic E-state index is 0.885. The van der Waals surface area contributed by atoms with Gasteiger partial charge >= 0.3 is 0 Å². The number of aliphatic imine (C=N–C) groups is 1. The molecule has 0 saturated heterocycles. The van der Waals surface area contributed by atoms with Crippen LogP contribution in [0.5, 0.6) is 5.75 Å². The summed E-state index contributed by atoms with van der Waals surface area (Å²) in [5, 5.41) is 1.06. The van der Waals surface area contributed by atoms with Crippen molar-refractivity contribution in [3.05, 3.63) is 24.3 Å². The van der Waals surface area contributed by atoms with Crippen molar-refractivity contribution in [2.24, 2.45) is 4.99 Å². The van der Waals surface area contributed by atoms with E-state index < -0.39 is 0 Å². The average molecular weight is 195 g/mol. The first-order chi connectivity index (χ1) is 6.26. The first kappa shape index (κ1) is 10.1. The van der Waals surface area contributed by atoms with Gasteiger partial charge in [0, 0.05) is 11.9 Å². The van der Waals surface area contributed by atoms with E-state index in [4.69, 9.17) is 4.74 Å². The lowest BCUT2D eigenvalue weighted by Gasteiger charge is -2.01. The highest BCUT2D eigenvalue weighted by Gasteiger charge is 1.96. The SMILES string of the molecule is CN=C(C)Sc1ccc(OC)cc1. The van der Waals surface area contributed by atoms with Crippen LogP contribution in [0.15, 0.2) is 34.2 Å². The lowest BCUT2D eigenvalue weighted by molar-refractivity contribution is 0.414. The molecule has 13 heavy (non-hydrogen) atoms. The number of hydrogen-bond acceptors (Lipinski definition) is 3. The van der Waals surface area contributed by atoms with Gasteiger partial charge in [0.2, 0.25) is 0 Å². The zero-order valence-corrected chi connectivity index (χ0v) is 8.89. The summed E-state index contributed by atoms with van der Waals surface area (Å²) < 4.78 is 5.06. The van der Waals surface area contributed by atoms with Crippen LogP contribution in [-0.2, 0) is 0 Å². The Balaban J connectivity index is 2.69. The third-order valence-corrected chi connectivity index (χ3v) is 2.63. The van der Waals surface area contributed by atoms with Gasteiger partial charge in [0.15, 0.2) is 0 Å². The smallest absolute Gasteiger partial charge is 0.118 e. The topological polar surface area (TPSA) is 21.6 Å². The Morgan fingerprint density at radius 3 is 2.38 bits per heavy atom. The lowest BCUT2D eigenvalue weighted by Crippen LogP contribution is -1.84. The second kappa shape index (κ2) is 4.92.